The largest absolute Gasteiger partial charge is 0.356 e. The summed E-state index contributed by atoms with van der Waals surface area (Å²) in [4.78, 5) is 13.9. The SMILES string of the molecule is O=C(Cc1cc(-c2ccc(F)cc2)on1)N1CCCC1. The monoisotopic (exact) mass is 274 g/mol. The molecular formula is C15H15FN2O2. The molecule has 0 bridgehead atoms. The molecule has 0 atom stereocenters. The van der Waals surface area contributed by atoms with E-state index < -0.39 is 0 Å². The van der Waals surface area contributed by atoms with Crippen LogP contribution < -0.4 is 0 Å². The molecule has 0 radical (unpaired) electrons. The zero-order chi connectivity index (χ0) is 13.9. The number of carbonyl (C=O) groups excluding carboxylic acids is 1. The van der Waals surface area contributed by atoms with Crippen LogP contribution in [-0.4, -0.2) is 29.1 Å². The van der Waals surface area contributed by atoms with Crippen molar-refractivity contribution in [1.29, 1.82) is 0 Å². The molecule has 2 heterocycles. The Bertz CT molecular complexity index is 601. The highest BCUT2D eigenvalue weighted by Gasteiger charge is 2.19. The van der Waals surface area contributed by atoms with Gasteiger partial charge in [-0.25, -0.2) is 4.39 Å². The number of nitrogens with zero attached hydrogens (tertiary/aromatic N) is 2. The highest BCUT2D eigenvalue weighted by atomic mass is 19.1. The Labute approximate surface area is 116 Å². The molecule has 1 aliphatic heterocycles. The fourth-order valence-corrected chi connectivity index (χ4v) is 2.38. The van der Waals surface area contributed by atoms with Gasteiger partial charge in [0.05, 0.1) is 12.1 Å². The molecule has 5 heteroatoms. The number of likely N-dealkylation sites (tertiary alicyclic amines) is 1. The Kier molecular flexibility index (Phi) is 3.50. The standard InChI is InChI=1S/C15H15FN2O2/c16-12-5-3-11(4-6-12)14-9-13(17-20-14)10-15(19)18-7-1-2-8-18/h3-6,9H,1-2,7-8,10H2. The van der Waals surface area contributed by atoms with Crippen LogP contribution in [0.15, 0.2) is 34.9 Å². The maximum absolute atomic E-state index is 12.9. The lowest BCUT2D eigenvalue weighted by molar-refractivity contribution is -0.129. The molecule has 1 amide bonds. The summed E-state index contributed by atoms with van der Waals surface area (Å²) in [5.41, 5.74) is 1.36. The number of rotatable bonds is 3. The van der Waals surface area contributed by atoms with Gasteiger partial charge in [0.1, 0.15) is 5.82 Å². The van der Waals surface area contributed by atoms with Gasteiger partial charge in [0.2, 0.25) is 5.91 Å². The van der Waals surface area contributed by atoms with Crippen LogP contribution in [0.5, 0.6) is 0 Å². The second-order valence-electron chi connectivity index (χ2n) is 4.95. The fourth-order valence-electron chi connectivity index (χ4n) is 2.38. The third-order valence-electron chi connectivity index (χ3n) is 3.48. The third kappa shape index (κ3) is 2.71. The Morgan fingerprint density at radius 2 is 1.95 bits per heavy atom. The Morgan fingerprint density at radius 1 is 1.25 bits per heavy atom. The first kappa shape index (κ1) is 12.8. The van der Waals surface area contributed by atoms with Gasteiger partial charge in [-0.1, -0.05) is 5.16 Å². The highest BCUT2D eigenvalue weighted by Crippen LogP contribution is 2.21. The molecule has 3 rings (SSSR count). The first-order valence-electron chi connectivity index (χ1n) is 6.72. The first-order chi connectivity index (χ1) is 9.72. The number of benzene rings is 1. The van der Waals surface area contributed by atoms with Crippen LogP contribution in [0.2, 0.25) is 0 Å². The Morgan fingerprint density at radius 3 is 2.65 bits per heavy atom. The number of aromatic nitrogens is 1. The molecule has 4 nitrogen and oxygen atoms in total. The van der Waals surface area contributed by atoms with E-state index >= 15 is 0 Å². The minimum atomic E-state index is -0.294. The van der Waals surface area contributed by atoms with Gasteiger partial charge in [-0.2, -0.15) is 0 Å². The number of hydrogen-bond donors (Lipinski definition) is 0. The van der Waals surface area contributed by atoms with E-state index in [4.69, 9.17) is 4.52 Å². The molecule has 1 saturated heterocycles. The van der Waals surface area contributed by atoms with E-state index in [0.29, 0.717) is 11.5 Å². The molecule has 104 valence electrons. The van der Waals surface area contributed by atoms with E-state index in [-0.39, 0.29) is 18.1 Å². The average Bonchev–Trinajstić information content (AvgIpc) is 3.10. The summed E-state index contributed by atoms with van der Waals surface area (Å²) in [6, 6.07) is 7.73. The summed E-state index contributed by atoms with van der Waals surface area (Å²) in [6.07, 6.45) is 2.40. The average molecular weight is 274 g/mol. The molecule has 1 aromatic carbocycles. The van der Waals surface area contributed by atoms with Crippen LogP contribution in [0.4, 0.5) is 4.39 Å². The van der Waals surface area contributed by atoms with Crippen LogP contribution >= 0.6 is 0 Å². The zero-order valence-electron chi connectivity index (χ0n) is 11.0. The number of carbonyl (C=O) groups is 1. The topological polar surface area (TPSA) is 46.3 Å². The zero-order valence-corrected chi connectivity index (χ0v) is 11.0. The Balaban J connectivity index is 1.70. The van der Waals surface area contributed by atoms with Crippen LogP contribution in [0.25, 0.3) is 11.3 Å². The predicted molar refractivity (Wildman–Crippen MR) is 71.4 cm³/mol. The summed E-state index contributed by atoms with van der Waals surface area (Å²) in [5.74, 6) is 0.341. The van der Waals surface area contributed by atoms with Crippen molar-refractivity contribution in [2.45, 2.75) is 19.3 Å². The molecule has 1 aliphatic rings. The van der Waals surface area contributed by atoms with Crippen molar-refractivity contribution in [3.63, 3.8) is 0 Å². The van der Waals surface area contributed by atoms with Crippen molar-refractivity contribution in [2.75, 3.05) is 13.1 Å². The lowest BCUT2D eigenvalue weighted by Gasteiger charge is -2.13. The molecule has 20 heavy (non-hydrogen) atoms. The highest BCUT2D eigenvalue weighted by molar-refractivity contribution is 5.78. The van der Waals surface area contributed by atoms with E-state index in [9.17, 15) is 9.18 Å². The van der Waals surface area contributed by atoms with Gasteiger partial charge in [-0.15, -0.1) is 0 Å². The van der Waals surface area contributed by atoms with E-state index in [1.54, 1.807) is 18.2 Å². The second-order valence-corrected chi connectivity index (χ2v) is 4.95. The van der Waals surface area contributed by atoms with Gasteiger partial charge in [-0.3, -0.25) is 4.79 Å². The predicted octanol–water partition coefficient (Wildman–Crippen LogP) is 2.65. The molecule has 0 spiro atoms. The molecule has 0 saturated carbocycles. The Hall–Kier alpha value is -2.17. The van der Waals surface area contributed by atoms with E-state index in [1.165, 1.54) is 12.1 Å². The van der Waals surface area contributed by atoms with E-state index in [0.717, 1.165) is 31.5 Å². The second kappa shape index (κ2) is 5.45. The van der Waals surface area contributed by atoms with Crippen molar-refractivity contribution in [3.05, 3.63) is 41.8 Å². The lowest BCUT2D eigenvalue weighted by Crippen LogP contribution is -2.29. The van der Waals surface area contributed by atoms with Gasteiger partial charge < -0.3 is 9.42 Å². The molecule has 0 unspecified atom stereocenters. The molecule has 1 fully saturated rings. The molecule has 0 N–H and O–H groups in total. The quantitative estimate of drug-likeness (QED) is 0.864. The van der Waals surface area contributed by atoms with Crippen LogP contribution in [0, 0.1) is 5.82 Å². The molecule has 0 aliphatic carbocycles. The molecule has 2 aromatic rings. The van der Waals surface area contributed by atoms with E-state index in [1.807, 2.05) is 4.90 Å². The van der Waals surface area contributed by atoms with Gasteiger partial charge in [0.25, 0.3) is 0 Å². The van der Waals surface area contributed by atoms with Gasteiger partial charge in [0.15, 0.2) is 5.76 Å². The van der Waals surface area contributed by atoms with Crippen LogP contribution in [0.3, 0.4) is 0 Å². The normalized spacial score (nSPS) is 14.8. The summed E-state index contributed by atoms with van der Waals surface area (Å²) in [5, 5.41) is 3.91. The van der Waals surface area contributed by atoms with Gasteiger partial charge in [-0.05, 0) is 37.1 Å². The minimum absolute atomic E-state index is 0.0847. The van der Waals surface area contributed by atoms with Gasteiger partial charge >= 0.3 is 0 Å². The minimum Gasteiger partial charge on any atom is -0.356 e. The van der Waals surface area contributed by atoms with Crippen LogP contribution in [-0.2, 0) is 11.2 Å². The number of amides is 1. The van der Waals surface area contributed by atoms with Crippen molar-refractivity contribution < 1.29 is 13.7 Å². The number of hydrogen-bond acceptors (Lipinski definition) is 3. The molecule has 1 aromatic heterocycles. The maximum Gasteiger partial charge on any atom is 0.228 e. The molecular weight excluding hydrogens is 259 g/mol. The summed E-state index contributed by atoms with van der Waals surface area (Å²) >= 11 is 0. The van der Waals surface area contributed by atoms with Crippen molar-refractivity contribution in [1.82, 2.24) is 10.1 Å². The first-order valence-corrected chi connectivity index (χ1v) is 6.72. The smallest absolute Gasteiger partial charge is 0.228 e. The van der Waals surface area contributed by atoms with Crippen molar-refractivity contribution >= 4 is 5.91 Å². The van der Waals surface area contributed by atoms with Gasteiger partial charge in [0, 0.05) is 24.7 Å². The van der Waals surface area contributed by atoms with E-state index in [2.05, 4.69) is 5.16 Å². The summed E-state index contributed by atoms with van der Waals surface area (Å²) < 4.78 is 18.1. The lowest BCUT2D eigenvalue weighted by atomic mass is 10.1. The maximum atomic E-state index is 12.9. The van der Waals surface area contributed by atoms with Crippen molar-refractivity contribution in [3.8, 4) is 11.3 Å². The third-order valence-corrected chi connectivity index (χ3v) is 3.48. The van der Waals surface area contributed by atoms with Crippen molar-refractivity contribution in [2.24, 2.45) is 0 Å². The summed E-state index contributed by atoms with van der Waals surface area (Å²) in [7, 11) is 0. The fraction of sp³-hybridized carbons (Fsp3) is 0.333. The number of halogens is 1. The summed E-state index contributed by atoms with van der Waals surface area (Å²) in [6.45, 7) is 1.67. The van der Waals surface area contributed by atoms with Crippen LogP contribution in [0.1, 0.15) is 18.5 Å².